The number of hydrogen-bond donors (Lipinski definition) is 3. The fourth-order valence-corrected chi connectivity index (χ4v) is 1.67. The lowest BCUT2D eigenvalue weighted by molar-refractivity contribution is 0.200. The second kappa shape index (κ2) is 8.53. The van der Waals surface area contributed by atoms with Crippen molar-refractivity contribution in [2.45, 2.75) is 20.3 Å². The Balaban J connectivity index is 2.21. The first-order chi connectivity index (χ1) is 10.3. The van der Waals surface area contributed by atoms with Crippen LogP contribution in [0.15, 0.2) is 18.2 Å². The summed E-state index contributed by atoms with van der Waals surface area (Å²) in [7, 11) is 0. The Hall–Kier alpha value is -1.89. The molecule has 1 aromatic carbocycles. The van der Waals surface area contributed by atoms with E-state index in [4.69, 9.17) is 9.84 Å². The molecule has 0 fully saturated rings. The largest absolute Gasteiger partial charge is 0.492 e. The molecule has 0 aromatic heterocycles. The number of nitrogens with one attached hydrogen (secondary N) is 2. The average Bonchev–Trinajstić information content (AvgIpc) is 2.45. The van der Waals surface area contributed by atoms with E-state index < -0.39 is 11.6 Å². The summed E-state index contributed by atoms with van der Waals surface area (Å²) >= 11 is 0. The monoisotopic (exact) mass is 316 g/mol. The van der Waals surface area contributed by atoms with Gasteiger partial charge in [-0.2, -0.15) is 0 Å². The Kier molecular flexibility index (Phi) is 7.04. The number of urea groups is 1. The Labute approximate surface area is 128 Å². The summed E-state index contributed by atoms with van der Waals surface area (Å²) in [6.45, 7) is 4.75. The van der Waals surface area contributed by atoms with E-state index in [1.54, 1.807) is 0 Å². The Morgan fingerprint density at radius 2 is 2.00 bits per heavy atom. The summed E-state index contributed by atoms with van der Waals surface area (Å²) < 4.78 is 30.9. The summed E-state index contributed by atoms with van der Waals surface area (Å²) in [5, 5.41) is 14.2. The van der Waals surface area contributed by atoms with Gasteiger partial charge in [-0.1, -0.05) is 13.8 Å². The van der Waals surface area contributed by atoms with Crippen LogP contribution in [0.3, 0.4) is 0 Å². The maximum atomic E-state index is 12.9. The van der Waals surface area contributed by atoms with Crippen LogP contribution >= 0.6 is 0 Å². The fraction of sp³-hybridized carbons (Fsp3) is 0.533. The third kappa shape index (κ3) is 6.71. The third-order valence-electron chi connectivity index (χ3n) is 3.06. The van der Waals surface area contributed by atoms with Crippen molar-refractivity contribution >= 4 is 6.03 Å². The van der Waals surface area contributed by atoms with Crippen LogP contribution in [0.5, 0.6) is 5.75 Å². The van der Waals surface area contributed by atoms with Crippen molar-refractivity contribution in [3.8, 4) is 5.75 Å². The van der Waals surface area contributed by atoms with Gasteiger partial charge in [0.15, 0.2) is 11.6 Å². The average molecular weight is 316 g/mol. The highest BCUT2D eigenvalue weighted by Gasteiger charge is 2.17. The molecule has 0 bridgehead atoms. The van der Waals surface area contributed by atoms with Crippen LogP contribution in [0.25, 0.3) is 0 Å². The number of hydrogen-bond acceptors (Lipinski definition) is 3. The van der Waals surface area contributed by atoms with E-state index in [1.165, 1.54) is 6.07 Å². The van der Waals surface area contributed by atoms with Gasteiger partial charge in [0, 0.05) is 19.2 Å². The van der Waals surface area contributed by atoms with Crippen LogP contribution in [-0.2, 0) is 0 Å². The molecule has 0 atom stereocenters. The first-order valence-electron chi connectivity index (χ1n) is 7.04. The number of aliphatic hydroxyl groups is 1. The maximum absolute atomic E-state index is 12.9. The number of carbonyl (C=O) groups is 1. The smallest absolute Gasteiger partial charge is 0.314 e. The van der Waals surface area contributed by atoms with Gasteiger partial charge >= 0.3 is 6.03 Å². The maximum Gasteiger partial charge on any atom is 0.314 e. The quantitative estimate of drug-likeness (QED) is 0.643. The van der Waals surface area contributed by atoms with Gasteiger partial charge in [-0.25, -0.2) is 13.6 Å². The minimum atomic E-state index is -0.977. The van der Waals surface area contributed by atoms with E-state index >= 15 is 0 Å². The highest BCUT2D eigenvalue weighted by Crippen LogP contribution is 2.17. The number of ether oxygens (including phenoxy) is 1. The molecule has 0 saturated heterocycles. The lowest BCUT2D eigenvalue weighted by Gasteiger charge is -2.23. The molecule has 3 N–H and O–H groups in total. The van der Waals surface area contributed by atoms with E-state index in [2.05, 4.69) is 10.6 Å². The predicted molar refractivity (Wildman–Crippen MR) is 78.7 cm³/mol. The van der Waals surface area contributed by atoms with Gasteiger partial charge in [0.25, 0.3) is 0 Å². The van der Waals surface area contributed by atoms with Crippen molar-refractivity contribution in [3.05, 3.63) is 29.8 Å². The van der Waals surface area contributed by atoms with Gasteiger partial charge in [0.2, 0.25) is 0 Å². The van der Waals surface area contributed by atoms with Crippen LogP contribution in [0, 0.1) is 17.0 Å². The third-order valence-corrected chi connectivity index (χ3v) is 3.06. The molecule has 0 spiro atoms. The zero-order chi connectivity index (χ0) is 16.6. The van der Waals surface area contributed by atoms with E-state index in [9.17, 15) is 13.6 Å². The van der Waals surface area contributed by atoms with Gasteiger partial charge in [-0.15, -0.1) is 0 Å². The zero-order valence-electron chi connectivity index (χ0n) is 12.8. The normalized spacial score (nSPS) is 11.1. The number of amides is 2. The number of rotatable bonds is 8. The van der Waals surface area contributed by atoms with Crippen molar-refractivity contribution in [2.24, 2.45) is 5.41 Å². The molecule has 124 valence electrons. The van der Waals surface area contributed by atoms with Gasteiger partial charge < -0.3 is 20.5 Å². The second-order valence-electron chi connectivity index (χ2n) is 5.67. The number of halogens is 2. The Morgan fingerprint density at radius 1 is 1.27 bits per heavy atom. The minimum Gasteiger partial charge on any atom is -0.492 e. The Bertz CT molecular complexity index is 496. The summed E-state index contributed by atoms with van der Waals surface area (Å²) in [5.74, 6) is -1.71. The molecule has 5 nitrogen and oxygen atoms in total. The number of aliphatic hydroxyl groups excluding tert-OH is 1. The van der Waals surface area contributed by atoms with Crippen LogP contribution in [0.4, 0.5) is 13.6 Å². The molecule has 0 radical (unpaired) electrons. The Morgan fingerprint density at radius 3 is 2.64 bits per heavy atom. The fourth-order valence-electron chi connectivity index (χ4n) is 1.67. The molecule has 1 aromatic rings. The number of benzene rings is 1. The lowest BCUT2D eigenvalue weighted by atomic mass is 9.90. The predicted octanol–water partition coefficient (Wildman–Crippen LogP) is 2.05. The molecule has 0 aliphatic heterocycles. The van der Waals surface area contributed by atoms with E-state index in [0.717, 1.165) is 12.1 Å². The molecule has 0 saturated carbocycles. The van der Waals surface area contributed by atoms with E-state index in [1.807, 2.05) is 13.8 Å². The molecule has 0 aliphatic carbocycles. The van der Waals surface area contributed by atoms with Crippen molar-refractivity contribution in [2.75, 3.05) is 26.3 Å². The van der Waals surface area contributed by atoms with E-state index in [0.29, 0.717) is 13.0 Å². The van der Waals surface area contributed by atoms with Crippen molar-refractivity contribution in [3.63, 3.8) is 0 Å². The molecule has 1 rings (SSSR count). The van der Waals surface area contributed by atoms with Crippen molar-refractivity contribution in [1.82, 2.24) is 10.6 Å². The molecule has 22 heavy (non-hydrogen) atoms. The van der Waals surface area contributed by atoms with Crippen LogP contribution in [0.2, 0.25) is 0 Å². The summed E-state index contributed by atoms with van der Waals surface area (Å²) in [5.41, 5.74) is -0.186. The highest BCUT2D eigenvalue weighted by molar-refractivity contribution is 5.73. The van der Waals surface area contributed by atoms with Crippen LogP contribution < -0.4 is 15.4 Å². The number of carbonyl (C=O) groups excluding carboxylic acids is 1. The van der Waals surface area contributed by atoms with Gasteiger partial charge in [0.05, 0.1) is 6.54 Å². The highest BCUT2D eigenvalue weighted by atomic mass is 19.2. The SMILES string of the molecule is CC(C)(CCO)CNC(=O)NCCOc1ccc(F)c(F)c1. The molecule has 2 amide bonds. The molecule has 7 heteroatoms. The van der Waals surface area contributed by atoms with Crippen LogP contribution in [-0.4, -0.2) is 37.4 Å². The van der Waals surface area contributed by atoms with Gasteiger partial charge in [-0.05, 0) is 24.0 Å². The summed E-state index contributed by atoms with van der Waals surface area (Å²) in [6, 6.07) is 2.90. The topological polar surface area (TPSA) is 70.6 Å². The van der Waals surface area contributed by atoms with Gasteiger partial charge in [-0.3, -0.25) is 0 Å². The molecular formula is C15H22F2N2O3. The zero-order valence-corrected chi connectivity index (χ0v) is 12.8. The molecule has 0 unspecified atom stereocenters. The van der Waals surface area contributed by atoms with Crippen molar-refractivity contribution in [1.29, 1.82) is 0 Å². The minimum absolute atomic E-state index is 0.0678. The standard InChI is InChI=1S/C15H22F2N2O3/c1-15(2,5-7-20)10-19-14(21)18-6-8-22-11-3-4-12(16)13(17)9-11/h3-4,9,20H,5-8,10H2,1-2H3,(H2,18,19,21). The first-order valence-corrected chi connectivity index (χ1v) is 7.04. The summed E-state index contributed by atoms with van der Waals surface area (Å²) in [6.07, 6.45) is 0.590. The van der Waals surface area contributed by atoms with E-state index in [-0.39, 0.29) is 37.0 Å². The summed E-state index contributed by atoms with van der Waals surface area (Å²) in [4.78, 5) is 11.6. The molecular weight excluding hydrogens is 294 g/mol. The van der Waals surface area contributed by atoms with Gasteiger partial charge in [0.1, 0.15) is 12.4 Å². The van der Waals surface area contributed by atoms with Crippen molar-refractivity contribution < 1.29 is 23.4 Å². The molecule has 0 heterocycles. The molecule has 0 aliphatic rings. The lowest BCUT2D eigenvalue weighted by Crippen LogP contribution is -2.42. The first kappa shape index (κ1) is 18.2. The van der Waals surface area contributed by atoms with Crippen LogP contribution in [0.1, 0.15) is 20.3 Å². The second-order valence-corrected chi connectivity index (χ2v) is 5.67.